The van der Waals surface area contributed by atoms with E-state index in [0.29, 0.717) is 35.2 Å². The molecular weight excluding hydrogens is 418 g/mol. The molecule has 2 N–H and O–H groups in total. The summed E-state index contributed by atoms with van der Waals surface area (Å²) in [6, 6.07) is 9.88. The zero-order valence-electron chi connectivity index (χ0n) is 19.4. The Morgan fingerprint density at radius 1 is 1.21 bits per heavy atom. The van der Waals surface area contributed by atoms with E-state index in [1.165, 1.54) is 5.56 Å². The van der Waals surface area contributed by atoms with Crippen molar-refractivity contribution >= 4 is 5.91 Å². The number of carbonyl (C=O) groups excluding carboxylic acids is 1. The van der Waals surface area contributed by atoms with Crippen molar-refractivity contribution in [1.29, 1.82) is 0 Å². The number of aliphatic hydroxyl groups is 1. The maximum Gasteiger partial charge on any atom is 0.250 e. The van der Waals surface area contributed by atoms with Crippen LogP contribution in [0.1, 0.15) is 61.7 Å². The van der Waals surface area contributed by atoms with E-state index in [2.05, 4.69) is 65.3 Å². The van der Waals surface area contributed by atoms with Crippen LogP contribution in [0.2, 0.25) is 0 Å². The fourth-order valence-corrected chi connectivity index (χ4v) is 5.11. The zero-order chi connectivity index (χ0) is 23.4. The maximum absolute atomic E-state index is 12.3. The quantitative estimate of drug-likeness (QED) is 0.560. The van der Waals surface area contributed by atoms with E-state index in [4.69, 9.17) is 4.52 Å². The van der Waals surface area contributed by atoms with Crippen LogP contribution in [0.5, 0.6) is 0 Å². The van der Waals surface area contributed by atoms with Crippen molar-refractivity contribution in [2.45, 2.75) is 44.8 Å². The topological polar surface area (TPSA) is 104 Å². The fourth-order valence-electron chi connectivity index (χ4n) is 5.11. The lowest BCUT2D eigenvalue weighted by atomic mass is 9.62. The van der Waals surface area contributed by atoms with Crippen molar-refractivity contribution in [3.8, 4) is 11.4 Å². The summed E-state index contributed by atoms with van der Waals surface area (Å²) in [4.78, 5) is 22.3. The van der Waals surface area contributed by atoms with Crippen LogP contribution < -0.4 is 5.32 Å². The first-order valence-electron chi connectivity index (χ1n) is 11.3. The van der Waals surface area contributed by atoms with E-state index < -0.39 is 5.60 Å². The molecule has 2 saturated heterocycles. The van der Waals surface area contributed by atoms with Crippen LogP contribution in [0.15, 0.2) is 47.2 Å². The Bertz CT molecular complexity index is 1170. The van der Waals surface area contributed by atoms with Crippen molar-refractivity contribution in [2.75, 3.05) is 20.1 Å². The van der Waals surface area contributed by atoms with E-state index in [1.807, 2.05) is 18.2 Å². The number of nitrogens with one attached hydrogen (secondary N) is 1. The molecule has 0 saturated carbocycles. The highest BCUT2D eigenvalue weighted by Gasteiger charge is 2.55. The van der Waals surface area contributed by atoms with Crippen LogP contribution in [0.3, 0.4) is 0 Å². The van der Waals surface area contributed by atoms with Crippen molar-refractivity contribution in [3.63, 3.8) is 0 Å². The number of aromatic nitrogens is 3. The summed E-state index contributed by atoms with van der Waals surface area (Å²) >= 11 is 0. The number of carbonyl (C=O) groups is 1. The largest absolute Gasteiger partial charge is 0.380 e. The van der Waals surface area contributed by atoms with Crippen LogP contribution in [-0.2, 0) is 10.4 Å². The first kappa shape index (κ1) is 21.7. The van der Waals surface area contributed by atoms with Crippen molar-refractivity contribution in [3.05, 3.63) is 65.3 Å². The summed E-state index contributed by atoms with van der Waals surface area (Å²) in [5.41, 5.74) is 1.78. The molecule has 3 aromatic rings. The number of amides is 1. The number of rotatable bonds is 6. The Labute approximate surface area is 193 Å². The zero-order valence-corrected chi connectivity index (χ0v) is 19.4. The molecule has 5 rings (SSSR count). The van der Waals surface area contributed by atoms with E-state index in [-0.39, 0.29) is 17.4 Å². The number of pyridine rings is 1. The van der Waals surface area contributed by atoms with Crippen molar-refractivity contribution in [2.24, 2.45) is 5.41 Å². The SMILES string of the molecule is CC(C)c1ccc(C(O)(c2cncc(-c3noc([C@@H]4CC(=O)N4)n3)c2)C2(C)CN(C)C2)cc1. The minimum atomic E-state index is -1.24. The molecular formula is C25H29N5O3. The molecule has 2 aromatic heterocycles. The molecule has 2 fully saturated rings. The maximum atomic E-state index is 12.3. The van der Waals surface area contributed by atoms with Gasteiger partial charge in [-0.3, -0.25) is 9.78 Å². The van der Waals surface area contributed by atoms with Crippen molar-refractivity contribution < 1.29 is 14.4 Å². The van der Waals surface area contributed by atoms with Gasteiger partial charge in [0.2, 0.25) is 17.6 Å². The first-order valence-corrected chi connectivity index (χ1v) is 11.3. The predicted molar refractivity (Wildman–Crippen MR) is 122 cm³/mol. The number of nitrogens with zero attached hydrogens (tertiary/aromatic N) is 4. The van der Waals surface area contributed by atoms with Gasteiger partial charge in [-0.25, -0.2) is 0 Å². The van der Waals surface area contributed by atoms with Gasteiger partial charge in [-0.05, 0) is 30.2 Å². The number of β-lactam (4-membered cyclic amide) rings is 1. The van der Waals surface area contributed by atoms with E-state index in [0.717, 1.165) is 18.7 Å². The Morgan fingerprint density at radius 3 is 2.52 bits per heavy atom. The number of benzene rings is 1. The van der Waals surface area contributed by atoms with Crippen LogP contribution in [0.4, 0.5) is 0 Å². The van der Waals surface area contributed by atoms with Gasteiger partial charge in [-0.1, -0.05) is 50.2 Å². The van der Waals surface area contributed by atoms with Crippen LogP contribution in [-0.4, -0.2) is 51.2 Å². The first-order chi connectivity index (χ1) is 15.7. The van der Waals surface area contributed by atoms with Crippen LogP contribution >= 0.6 is 0 Å². The average Bonchev–Trinajstić information content (AvgIpc) is 3.25. The van der Waals surface area contributed by atoms with Gasteiger partial charge in [-0.15, -0.1) is 0 Å². The highest BCUT2D eigenvalue weighted by Crippen LogP contribution is 2.50. The summed E-state index contributed by atoms with van der Waals surface area (Å²) in [5, 5.41) is 19.2. The molecule has 8 heteroatoms. The number of hydrogen-bond acceptors (Lipinski definition) is 7. The van der Waals surface area contributed by atoms with Gasteiger partial charge in [0.25, 0.3) is 0 Å². The fraction of sp³-hybridized carbons (Fsp3) is 0.440. The predicted octanol–water partition coefficient (Wildman–Crippen LogP) is 3.00. The third kappa shape index (κ3) is 3.54. The van der Waals surface area contributed by atoms with Gasteiger partial charge < -0.3 is 19.8 Å². The summed E-state index contributed by atoms with van der Waals surface area (Å²) in [5.74, 6) is 1.14. The number of likely N-dealkylation sites (tertiary alicyclic amines) is 1. The standard InChI is InChI=1S/C25H29N5O3/c1-15(2)16-5-7-18(8-6-16)25(32,24(3)13-30(4)14-24)19-9-17(11-26-12-19)22-28-23(33-29-22)20-10-21(31)27-20/h5-9,11-12,15,20,32H,10,13-14H2,1-4H3,(H,27,31)/t20-,25?/m0/s1. The van der Waals surface area contributed by atoms with E-state index in [1.54, 1.807) is 12.4 Å². The average molecular weight is 448 g/mol. The molecule has 0 aliphatic carbocycles. The summed E-state index contributed by atoms with van der Waals surface area (Å²) < 4.78 is 5.36. The molecule has 1 amide bonds. The molecule has 1 unspecified atom stereocenters. The second-order valence-corrected chi connectivity index (χ2v) is 9.96. The summed E-state index contributed by atoms with van der Waals surface area (Å²) in [6.07, 6.45) is 3.73. The minimum Gasteiger partial charge on any atom is -0.380 e. The lowest BCUT2D eigenvalue weighted by Crippen LogP contribution is -2.63. The van der Waals surface area contributed by atoms with Gasteiger partial charge in [0, 0.05) is 42.0 Å². The Morgan fingerprint density at radius 2 is 1.91 bits per heavy atom. The smallest absolute Gasteiger partial charge is 0.250 e. The van der Waals surface area contributed by atoms with Crippen LogP contribution in [0.25, 0.3) is 11.4 Å². The molecule has 2 aliphatic rings. The van der Waals surface area contributed by atoms with Crippen LogP contribution in [0, 0.1) is 5.41 Å². The van der Waals surface area contributed by atoms with Gasteiger partial charge in [0.1, 0.15) is 11.6 Å². The molecule has 8 nitrogen and oxygen atoms in total. The third-order valence-electron chi connectivity index (χ3n) is 6.99. The van der Waals surface area contributed by atoms with Gasteiger partial charge in [-0.2, -0.15) is 4.98 Å². The normalized spacial score (nSPS) is 21.8. The van der Waals surface area contributed by atoms with E-state index >= 15 is 0 Å². The minimum absolute atomic E-state index is 0.0318. The Balaban J connectivity index is 1.54. The van der Waals surface area contributed by atoms with Crippen molar-refractivity contribution in [1.82, 2.24) is 25.3 Å². The molecule has 0 spiro atoms. The molecule has 33 heavy (non-hydrogen) atoms. The highest BCUT2D eigenvalue weighted by atomic mass is 16.5. The third-order valence-corrected chi connectivity index (χ3v) is 6.99. The molecule has 0 radical (unpaired) electrons. The summed E-state index contributed by atoms with van der Waals surface area (Å²) in [6.45, 7) is 7.94. The molecule has 2 atom stereocenters. The highest BCUT2D eigenvalue weighted by molar-refractivity contribution is 5.82. The summed E-state index contributed by atoms with van der Waals surface area (Å²) in [7, 11) is 2.05. The molecule has 172 valence electrons. The van der Waals surface area contributed by atoms with Gasteiger partial charge in [0.15, 0.2) is 0 Å². The Kier molecular flexibility index (Phi) is 5.10. The second kappa shape index (κ2) is 7.74. The number of hydrogen-bond donors (Lipinski definition) is 2. The lowest BCUT2D eigenvalue weighted by molar-refractivity contribution is -0.128. The monoisotopic (exact) mass is 447 g/mol. The molecule has 2 aliphatic heterocycles. The lowest BCUT2D eigenvalue weighted by Gasteiger charge is -2.55. The van der Waals surface area contributed by atoms with E-state index in [9.17, 15) is 9.90 Å². The van der Waals surface area contributed by atoms with Gasteiger partial charge in [0.05, 0.1) is 6.42 Å². The molecule has 1 aromatic carbocycles. The second-order valence-electron chi connectivity index (χ2n) is 9.96. The van der Waals surface area contributed by atoms with Gasteiger partial charge >= 0.3 is 0 Å². The molecule has 0 bridgehead atoms. The molecule has 4 heterocycles. The Hall–Kier alpha value is -3.10.